The number of carbonyl (C=O) groups is 4. The van der Waals surface area contributed by atoms with Crippen LogP contribution >= 0.6 is 11.6 Å². The van der Waals surface area contributed by atoms with Crippen LogP contribution in [0.15, 0.2) is 30.3 Å². The zero-order valence-electron chi connectivity index (χ0n) is 18.4. The van der Waals surface area contributed by atoms with E-state index in [2.05, 4.69) is 20.7 Å². The molecule has 0 aliphatic heterocycles. The van der Waals surface area contributed by atoms with Crippen molar-refractivity contribution in [2.45, 2.75) is 58.2 Å². The van der Waals surface area contributed by atoms with Gasteiger partial charge in [-0.25, -0.2) is 4.79 Å². The molecule has 0 saturated carbocycles. The van der Waals surface area contributed by atoms with E-state index in [-0.39, 0.29) is 11.8 Å². The fourth-order valence-corrected chi connectivity index (χ4v) is 3.06. The van der Waals surface area contributed by atoms with E-state index in [0.717, 1.165) is 5.56 Å². The van der Waals surface area contributed by atoms with Crippen molar-refractivity contribution in [1.82, 2.24) is 16.0 Å². The summed E-state index contributed by atoms with van der Waals surface area (Å²) >= 11 is 5.59. The quantitative estimate of drug-likeness (QED) is 0.328. The van der Waals surface area contributed by atoms with E-state index < -0.39 is 41.8 Å². The van der Waals surface area contributed by atoms with Crippen LogP contribution in [0.2, 0.25) is 0 Å². The number of hydrogen-bond donors (Lipinski definition) is 3. The molecule has 0 aliphatic rings. The maximum atomic E-state index is 12.9. The Morgan fingerprint density at radius 3 is 2.10 bits per heavy atom. The first kappa shape index (κ1) is 26.4. The number of halogens is 1. The Kier molecular flexibility index (Phi) is 11.6. The third-order valence-electron chi connectivity index (χ3n) is 4.59. The minimum atomic E-state index is -0.869. The molecule has 1 aromatic carbocycles. The fraction of sp³-hybridized carbons (Fsp3) is 0.545. The third-order valence-corrected chi connectivity index (χ3v) is 4.83. The zero-order chi connectivity index (χ0) is 23.4. The highest BCUT2D eigenvalue weighted by Gasteiger charge is 2.29. The van der Waals surface area contributed by atoms with E-state index in [1.54, 1.807) is 0 Å². The smallest absolute Gasteiger partial charge is 0.328 e. The summed E-state index contributed by atoms with van der Waals surface area (Å²) in [6, 6.07) is 6.98. The highest BCUT2D eigenvalue weighted by atomic mass is 35.5. The van der Waals surface area contributed by atoms with Crippen LogP contribution < -0.4 is 16.0 Å². The lowest BCUT2D eigenvalue weighted by Crippen LogP contribution is -2.56. The number of alkyl halides is 1. The van der Waals surface area contributed by atoms with Crippen molar-refractivity contribution in [1.29, 1.82) is 0 Å². The molecule has 1 rings (SSSR count). The number of ether oxygens (including phenoxy) is 1. The number of esters is 1. The molecule has 0 bridgehead atoms. The van der Waals surface area contributed by atoms with Gasteiger partial charge in [0.15, 0.2) is 0 Å². The number of nitrogens with one attached hydrogen (secondary N) is 3. The van der Waals surface area contributed by atoms with Gasteiger partial charge in [0, 0.05) is 0 Å². The molecule has 0 fully saturated rings. The molecular weight excluding hydrogens is 422 g/mol. The van der Waals surface area contributed by atoms with Gasteiger partial charge in [-0.05, 0) is 37.7 Å². The van der Waals surface area contributed by atoms with Crippen LogP contribution in [-0.2, 0) is 30.3 Å². The largest absolute Gasteiger partial charge is 0.467 e. The molecule has 0 aromatic heterocycles. The zero-order valence-corrected chi connectivity index (χ0v) is 19.2. The summed E-state index contributed by atoms with van der Waals surface area (Å²) in [5, 5.41) is 7.88. The topological polar surface area (TPSA) is 114 Å². The van der Waals surface area contributed by atoms with Crippen LogP contribution in [0.1, 0.15) is 39.2 Å². The van der Waals surface area contributed by atoms with Gasteiger partial charge in [-0.1, -0.05) is 44.2 Å². The Morgan fingerprint density at radius 2 is 1.55 bits per heavy atom. The number of methoxy groups -OCH3 is 1. The molecule has 3 amide bonds. The normalized spacial score (nSPS) is 13.6. The first-order valence-electron chi connectivity index (χ1n) is 10.3. The number of carbonyl (C=O) groups excluding carboxylic acids is 4. The first-order chi connectivity index (χ1) is 14.7. The number of benzene rings is 1. The highest BCUT2D eigenvalue weighted by Crippen LogP contribution is 2.09. The second-order valence-corrected chi connectivity index (χ2v) is 7.99. The van der Waals surface area contributed by atoms with E-state index in [1.165, 1.54) is 14.0 Å². The molecule has 0 spiro atoms. The van der Waals surface area contributed by atoms with Gasteiger partial charge in [0.25, 0.3) is 0 Å². The molecule has 1 unspecified atom stereocenters. The number of amides is 3. The molecule has 31 heavy (non-hydrogen) atoms. The van der Waals surface area contributed by atoms with Gasteiger partial charge in [-0.2, -0.15) is 0 Å². The lowest BCUT2D eigenvalue weighted by atomic mass is 10.0. The average molecular weight is 454 g/mol. The van der Waals surface area contributed by atoms with Gasteiger partial charge in [0.2, 0.25) is 17.7 Å². The van der Waals surface area contributed by atoms with Crippen LogP contribution in [0, 0.1) is 5.92 Å². The predicted octanol–water partition coefficient (Wildman–Crippen LogP) is 1.55. The molecule has 1 aromatic rings. The Balaban J connectivity index is 2.89. The monoisotopic (exact) mass is 453 g/mol. The van der Waals surface area contributed by atoms with E-state index in [4.69, 9.17) is 11.6 Å². The van der Waals surface area contributed by atoms with Crippen molar-refractivity contribution in [3.63, 3.8) is 0 Å². The summed E-state index contributed by atoms with van der Waals surface area (Å²) in [5.41, 5.74) is 1.02. The minimum absolute atomic E-state index is 0.102. The fourth-order valence-electron chi connectivity index (χ4n) is 2.98. The number of hydrogen-bond acceptors (Lipinski definition) is 5. The Hall–Kier alpha value is -2.61. The van der Waals surface area contributed by atoms with Crippen LogP contribution in [0.5, 0.6) is 0 Å². The van der Waals surface area contributed by atoms with Crippen molar-refractivity contribution >= 4 is 35.3 Å². The van der Waals surface area contributed by atoms with Crippen LogP contribution in [-0.4, -0.2) is 54.8 Å². The lowest BCUT2D eigenvalue weighted by molar-refractivity contribution is -0.145. The highest BCUT2D eigenvalue weighted by molar-refractivity contribution is 6.27. The third kappa shape index (κ3) is 9.83. The predicted molar refractivity (Wildman–Crippen MR) is 118 cm³/mol. The van der Waals surface area contributed by atoms with Crippen molar-refractivity contribution in [3.05, 3.63) is 35.9 Å². The Labute approximate surface area is 188 Å². The molecular formula is C22H32ClN3O5. The van der Waals surface area contributed by atoms with Crippen LogP contribution in [0.3, 0.4) is 0 Å². The van der Waals surface area contributed by atoms with Gasteiger partial charge in [0.05, 0.1) is 7.11 Å². The molecule has 3 atom stereocenters. The maximum absolute atomic E-state index is 12.9. The molecule has 9 heteroatoms. The average Bonchev–Trinajstić information content (AvgIpc) is 2.75. The van der Waals surface area contributed by atoms with Crippen LogP contribution in [0.4, 0.5) is 0 Å². The summed E-state index contributed by atoms with van der Waals surface area (Å²) < 4.78 is 4.62. The molecule has 8 nitrogen and oxygen atoms in total. The lowest BCUT2D eigenvalue weighted by Gasteiger charge is -2.25. The van der Waals surface area contributed by atoms with Crippen LogP contribution in [0.25, 0.3) is 0 Å². The molecule has 0 saturated heterocycles. The number of aryl methyl sites for hydroxylation is 1. The summed E-state index contributed by atoms with van der Waals surface area (Å²) in [5.74, 6) is -2.21. The van der Waals surface area contributed by atoms with E-state index in [0.29, 0.717) is 19.3 Å². The van der Waals surface area contributed by atoms with Gasteiger partial charge in [-0.3, -0.25) is 14.4 Å². The molecule has 3 N–H and O–H groups in total. The second-order valence-electron chi connectivity index (χ2n) is 7.72. The Bertz CT molecular complexity index is 742. The van der Waals surface area contributed by atoms with Gasteiger partial charge in [0.1, 0.15) is 24.0 Å². The SMILES string of the molecule is COC(=O)[C@H](C)NC(=O)C(CC(C)C)NC(=O)[C@H](CCc1ccccc1)NC(=O)CCl. The molecule has 0 heterocycles. The van der Waals surface area contributed by atoms with Gasteiger partial charge < -0.3 is 20.7 Å². The van der Waals surface area contributed by atoms with E-state index in [1.807, 2.05) is 44.2 Å². The molecule has 0 radical (unpaired) electrons. The standard InChI is InChI=1S/C22H32ClN3O5/c1-14(2)12-18(21(29)24-15(3)22(30)31-4)26-20(28)17(25-19(27)13-23)11-10-16-8-6-5-7-9-16/h5-9,14-15,17-18H,10-13H2,1-4H3,(H,24,29)(H,25,27)(H,26,28)/t15-,17-,18?/m0/s1. The summed E-state index contributed by atoms with van der Waals surface area (Å²) in [7, 11) is 1.23. The van der Waals surface area contributed by atoms with Crippen molar-refractivity contribution in [3.8, 4) is 0 Å². The first-order valence-corrected chi connectivity index (χ1v) is 10.8. The van der Waals surface area contributed by atoms with Crippen molar-refractivity contribution in [2.24, 2.45) is 5.92 Å². The van der Waals surface area contributed by atoms with Gasteiger partial charge >= 0.3 is 5.97 Å². The number of rotatable bonds is 12. The second kappa shape index (κ2) is 13.6. The van der Waals surface area contributed by atoms with Gasteiger partial charge in [-0.15, -0.1) is 11.6 Å². The van der Waals surface area contributed by atoms with E-state index >= 15 is 0 Å². The summed E-state index contributed by atoms with van der Waals surface area (Å²) in [4.78, 5) is 49.1. The molecule has 172 valence electrons. The summed E-state index contributed by atoms with van der Waals surface area (Å²) in [6.07, 6.45) is 1.26. The summed E-state index contributed by atoms with van der Waals surface area (Å²) in [6.45, 7) is 5.33. The maximum Gasteiger partial charge on any atom is 0.328 e. The van der Waals surface area contributed by atoms with Crippen molar-refractivity contribution in [2.75, 3.05) is 13.0 Å². The van der Waals surface area contributed by atoms with Crippen molar-refractivity contribution < 1.29 is 23.9 Å². The Morgan fingerprint density at radius 1 is 0.935 bits per heavy atom. The molecule has 0 aliphatic carbocycles. The minimum Gasteiger partial charge on any atom is -0.467 e. The van der Waals surface area contributed by atoms with E-state index in [9.17, 15) is 19.2 Å².